The second-order valence-electron chi connectivity index (χ2n) is 7.64. The monoisotopic (exact) mass is 296 g/mol. The molecule has 124 valence electrons. The van der Waals surface area contributed by atoms with Crippen LogP contribution in [-0.2, 0) is 4.74 Å². The molecule has 0 bridgehead atoms. The summed E-state index contributed by atoms with van der Waals surface area (Å²) >= 11 is 0. The van der Waals surface area contributed by atoms with Gasteiger partial charge in [-0.3, -0.25) is 0 Å². The van der Waals surface area contributed by atoms with Crippen molar-refractivity contribution in [3.63, 3.8) is 0 Å². The molecule has 0 amide bonds. The molecule has 3 heteroatoms. The molecule has 2 rings (SSSR count). The van der Waals surface area contributed by atoms with Crippen molar-refractivity contribution in [3.8, 4) is 0 Å². The summed E-state index contributed by atoms with van der Waals surface area (Å²) in [5, 5.41) is 3.66. The van der Waals surface area contributed by atoms with E-state index in [-0.39, 0.29) is 0 Å². The lowest BCUT2D eigenvalue weighted by atomic mass is 9.69. The molecule has 0 aromatic rings. The minimum atomic E-state index is 0.496. The minimum absolute atomic E-state index is 0.496. The Labute approximate surface area is 131 Å². The average Bonchev–Trinajstić information content (AvgIpc) is 3.27. The molecule has 21 heavy (non-hydrogen) atoms. The van der Waals surface area contributed by atoms with Crippen LogP contribution in [0.5, 0.6) is 0 Å². The molecular weight excluding hydrogens is 260 g/mol. The lowest BCUT2D eigenvalue weighted by Gasteiger charge is -2.43. The minimum Gasteiger partial charge on any atom is -0.383 e. The van der Waals surface area contributed by atoms with Gasteiger partial charge in [-0.2, -0.15) is 0 Å². The number of hydrogen-bond donors (Lipinski definition) is 1. The third-order valence-electron chi connectivity index (χ3n) is 5.39. The zero-order valence-electron chi connectivity index (χ0n) is 14.5. The van der Waals surface area contributed by atoms with Gasteiger partial charge in [0.1, 0.15) is 0 Å². The van der Waals surface area contributed by atoms with Crippen LogP contribution in [0.25, 0.3) is 0 Å². The van der Waals surface area contributed by atoms with Crippen LogP contribution in [-0.4, -0.2) is 51.3 Å². The van der Waals surface area contributed by atoms with Crippen molar-refractivity contribution >= 4 is 0 Å². The lowest BCUT2D eigenvalue weighted by Crippen LogP contribution is -2.47. The molecule has 2 unspecified atom stereocenters. The number of hydrogen-bond acceptors (Lipinski definition) is 3. The maximum absolute atomic E-state index is 5.18. The van der Waals surface area contributed by atoms with Crippen molar-refractivity contribution in [2.45, 2.75) is 52.4 Å². The second kappa shape index (κ2) is 8.50. The highest BCUT2D eigenvalue weighted by Crippen LogP contribution is 2.40. The first-order valence-electron chi connectivity index (χ1n) is 9.09. The van der Waals surface area contributed by atoms with E-state index in [2.05, 4.69) is 24.1 Å². The molecule has 2 aliphatic carbocycles. The van der Waals surface area contributed by atoms with E-state index in [9.17, 15) is 0 Å². The Hall–Kier alpha value is -0.120. The van der Waals surface area contributed by atoms with Crippen molar-refractivity contribution in [2.24, 2.45) is 17.3 Å². The molecule has 1 N–H and O–H groups in total. The fraction of sp³-hybridized carbons (Fsp3) is 1.00. The molecule has 0 aliphatic heterocycles. The van der Waals surface area contributed by atoms with Gasteiger partial charge in [-0.05, 0) is 49.5 Å². The summed E-state index contributed by atoms with van der Waals surface area (Å²) in [6, 6.07) is 0. The van der Waals surface area contributed by atoms with Crippen molar-refractivity contribution in [2.75, 3.05) is 46.4 Å². The normalized spacial score (nSPS) is 30.0. The molecule has 2 aliphatic rings. The first kappa shape index (κ1) is 17.2. The van der Waals surface area contributed by atoms with E-state index in [1.54, 1.807) is 7.11 Å². The van der Waals surface area contributed by atoms with Gasteiger partial charge in [-0.25, -0.2) is 0 Å². The van der Waals surface area contributed by atoms with Crippen LogP contribution < -0.4 is 5.32 Å². The summed E-state index contributed by atoms with van der Waals surface area (Å²) < 4.78 is 5.18. The summed E-state index contributed by atoms with van der Waals surface area (Å²) in [7, 11) is 1.79. The maximum atomic E-state index is 5.18. The van der Waals surface area contributed by atoms with Crippen LogP contribution in [0.15, 0.2) is 0 Å². The summed E-state index contributed by atoms with van der Waals surface area (Å²) in [4.78, 5) is 2.73. The van der Waals surface area contributed by atoms with Crippen LogP contribution in [0.4, 0.5) is 0 Å². The Balaban J connectivity index is 1.89. The first-order valence-corrected chi connectivity index (χ1v) is 9.09. The Morgan fingerprint density at radius 2 is 2.10 bits per heavy atom. The Morgan fingerprint density at radius 1 is 1.29 bits per heavy atom. The third kappa shape index (κ3) is 5.88. The van der Waals surface area contributed by atoms with E-state index in [1.807, 2.05) is 0 Å². The summed E-state index contributed by atoms with van der Waals surface area (Å²) in [5.41, 5.74) is 0.496. The molecule has 2 saturated carbocycles. The molecular formula is C18H36N2O. The lowest BCUT2D eigenvalue weighted by molar-refractivity contribution is 0.0777. The van der Waals surface area contributed by atoms with Gasteiger partial charge >= 0.3 is 0 Å². The molecule has 0 aromatic heterocycles. The van der Waals surface area contributed by atoms with Gasteiger partial charge in [-0.15, -0.1) is 0 Å². The predicted molar refractivity (Wildman–Crippen MR) is 89.6 cm³/mol. The maximum Gasteiger partial charge on any atom is 0.0587 e. The SMILES string of the molecule is CCN(CC1CC1)CC1(CNCCOC)CCCC(C)C1. The molecule has 0 spiro atoms. The molecule has 0 aromatic carbocycles. The highest BCUT2D eigenvalue weighted by atomic mass is 16.5. The molecule has 0 heterocycles. The van der Waals surface area contributed by atoms with Crippen LogP contribution in [0.2, 0.25) is 0 Å². The van der Waals surface area contributed by atoms with Crippen LogP contribution >= 0.6 is 0 Å². The quantitative estimate of drug-likeness (QED) is 0.627. The zero-order valence-corrected chi connectivity index (χ0v) is 14.5. The Bertz CT molecular complexity index is 293. The predicted octanol–water partition coefficient (Wildman–Crippen LogP) is 3.15. The molecule has 0 saturated heterocycles. The second-order valence-corrected chi connectivity index (χ2v) is 7.64. The van der Waals surface area contributed by atoms with Crippen molar-refractivity contribution in [1.29, 1.82) is 0 Å². The Kier molecular flexibility index (Phi) is 6.97. The largest absolute Gasteiger partial charge is 0.383 e. The van der Waals surface area contributed by atoms with E-state index in [0.29, 0.717) is 5.41 Å². The number of nitrogens with zero attached hydrogens (tertiary/aromatic N) is 1. The molecule has 2 fully saturated rings. The molecule has 0 radical (unpaired) electrons. The number of methoxy groups -OCH3 is 1. The van der Waals surface area contributed by atoms with Gasteiger partial charge in [-0.1, -0.05) is 26.7 Å². The van der Waals surface area contributed by atoms with E-state index in [1.165, 1.54) is 64.7 Å². The highest BCUT2D eigenvalue weighted by molar-refractivity contribution is 4.91. The first-order chi connectivity index (χ1) is 10.2. The smallest absolute Gasteiger partial charge is 0.0587 e. The fourth-order valence-electron chi connectivity index (χ4n) is 4.10. The summed E-state index contributed by atoms with van der Waals surface area (Å²) in [6.45, 7) is 11.6. The van der Waals surface area contributed by atoms with Gasteiger partial charge in [0.25, 0.3) is 0 Å². The standard InChI is InChI=1S/C18H36N2O/c1-4-20(13-17-7-8-17)15-18(14-19-10-11-21-3)9-5-6-16(2)12-18/h16-17,19H,4-15H2,1-3H3. The van der Waals surface area contributed by atoms with Gasteiger partial charge in [0.05, 0.1) is 6.61 Å². The van der Waals surface area contributed by atoms with Crippen LogP contribution in [0.1, 0.15) is 52.4 Å². The molecule has 3 nitrogen and oxygen atoms in total. The van der Waals surface area contributed by atoms with E-state index >= 15 is 0 Å². The number of nitrogens with one attached hydrogen (secondary N) is 1. The van der Waals surface area contributed by atoms with Gasteiger partial charge in [0, 0.05) is 33.3 Å². The molecule has 2 atom stereocenters. The van der Waals surface area contributed by atoms with Gasteiger partial charge in [0.15, 0.2) is 0 Å². The topological polar surface area (TPSA) is 24.5 Å². The van der Waals surface area contributed by atoms with Crippen LogP contribution in [0, 0.1) is 17.3 Å². The Morgan fingerprint density at radius 3 is 2.71 bits per heavy atom. The van der Waals surface area contributed by atoms with E-state index < -0.39 is 0 Å². The van der Waals surface area contributed by atoms with Crippen molar-refractivity contribution in [1.82, 2.24) is 10.2 Å². The number of ether oxygens (including phenoxy) is 1. The third-order valence-corrected chi connectivity index (χ3v) is 5.39. The van der Waals surface area contributed by atoms with E-state index in [4.69, 9.17) is 4.74 Å². The highest BCUT2D eigenvalue weighted by Gasteiger charge is 2.37. The van der Waals surface area contributed by atoms with Crippen molar-refractivity contribution in [3.05, 3.63) is 0 Å². The van der Waals surface area contributed by atoms with Crippen LogP contribution in [0.3, 0.4) is 0 Å². The zero-order chi connectivity index (χ0) is 15.1. The van der Waals surface area contributed by atoms with Gasteiger partial charge in [0.2, 0.25) is 0 Å². The fourth-order valence-corrected chi connectivity index (χ4v) is 4.10. The van der Waals surface area contributed by atoms with Gasteiger partial charge < -0.3 is 15.0 Å². The summed E-state index contributed by atoms with van der Waals surface area (Å²) in [5.74, 6) is 1.90. The summed E-state index contributed by atoms with van der Waals surface area (Å²) in [6.07, 6.45) is 8.56. The van der Waals surface area contributed by atoms with Crippen molar-refractivity contribution < 1.29 is 4.74 Å². The van der Waals surface area contributed by atoms with E-state index in [0.717, 1.165) is 25.0 Å². The average molecular weight is 296 g/mol. The number of rotatable bonds is 10.